The number of rotatable bonds is 7. The van der Waals surface area contributed by atoms with Gasteiger partial charge in [0.1, 0.15) is 0 Å². The van der Waals surface area contributed by atoms with Crippen molar-refractivity contribution in [3.8, 4) is 0 Å². The van der Waals surface area contributed by atoms with Gasteiger partial charge in [-0.3, -0.25) is 15.0 Å². The number of unbranched alkanes of at least 4 members (excludes halogenated alkanes) is 1. The fourth-order valence-electron chi connectivity index (χ4n) is 5.92. The maximum Gasteiger partial charge on any atom is 0.317 e. The summed E-state index contributed by atoms with van der Waals surface area (Å²) in [6.07, 6.45) is 12.0. The summed E-state index contributed by atoms with van der Waals surface area (Å²) in [4.78, 5) is 13.2. The van der Waals surface area contributed by atoms with Gasteiger partial charge in [-0.2, -0.15) is 0 Å². The highest BCUT2D eigenvalue weighted by atomic mass is 16.4. The lowest BCUT2D eigenvalue weighted by Gasteiger charge is -2.52. The minimum Gasteiger partial charge on any atom is -0.480 e. The Kier molecular flexibility index (Phi) is 7.35. The van der Waals surface area contributed by atoms with Crippen LogP contribution >= 0.6 is 0 Å². The van der Waals surface area contributed by atoms with Gasteiger partial charge in [0.2, 0.25) is 0 Å². The van der Waals surface area contributed by atoms with E-state index in [2.05, 4.69) is 17.6 Å². The second kappa shape index (κ2) is 9.52. The van der Waals surface area contributed by atoms with Crippen LogP contribution in [0.15, 0.2) is 0 Å². The van der Waals surface area contributed by atoms with Crippen LogP contribution in [-0.2, 0) is 4.79 Å². The molecule has 2 saturated heterocycles. The SMILES string of the molecule is CCCCC1CCC2NC(N(C)CC(=O)O)CC(C3CCNCC3)C2C1. The molecule has 0 amide bonds. The van der Waals surface area contributed by atoms with Crippen LogP contribution in [0.2, 0.25) is 0 Å². The zero-order valence-electron chi connectivity index (χ0n) is 16.8. The van der Waals surface area contributed by atoms with Crippen molar-refractivity contribution in [1.82, 2.24) is 15.5 Å². The molecule has 2 heterocycles. The first-order chi connectivity index (χ1) is 12.6. The standard InChI is InChI=1S/C21H39N3O2/c1-3-4-5-15-6-7-19-18(12-15)17(16-8-10-22-11-9-16)13-20(23-19)24(2)14-21(25)26/h15-20,22-23H,3-14H2,1-2H3,(H,25,26). The topological polar surface area (TPSA) is 64.6 Å². The van der Waals surface area contributed by atoms with E-state index in [-0.39, 0.29) is 12.7 Å². The molecular weight excluding hydrogens is 326 g/mol. The number of nitrogens with zero attached hydrogens (tertiary/aromatic N) is 1. The Balaban J connectivity index is 1.70. The van der Waals surface area contributed by atoms with E-state index in [4.69, 9.17) is 0 Å². The molecule has 150 valence electrons. The first kappa shape index (κ1) is 20.1. The second-order valence-corrected chi connectivity index (χ2v) is 9.07. The molecule has 0 spiro atoms. The third-order valence-electron chi connectivity index (χ3n) is 7.33. The minimum atomic E-state index is -0.724. The Morgan fingerprint density at radius 3 is 2.58 bits per heavy atom. The molecule has 0 aromatic rings. The Morgan fingerprint density at radius 1 is 1.12 bits per heavy atom. The number of aliphatic carboxylic acids is 1. The number of hydrogen-bond acceptors (Lipinski definition) is 4. The number of hydrogen-bond donors (Lipinski definition) is 3. The number of carboxylic acids is 1. The average Bonchev–Trinajstić information content (AvgIpc) is 2.65. The van der Waals surface area contributed by atoms with E-state index in [0.717, 1.165) is 43.2 Å². The summed E-state index contributed by atoms with van der Waals surface area (Å²) in [6.45, 7) is 4.74. The molecule has 3 N–H and O–H groups in total. The van der Waals surface area contributed by atoms with E-state index in [1.165, 1.54) is 51.4 Å². The number of likely N-dealkylation sites (N-methyl/N-ethyl adjacent to an activating group) is 1. The summed E-state index contributed by atoms with van der Waals surface area (Å²) in [5.74, 6) is 2.56. The number of carbonyl (C=O) groups is 1. The first-order valence-electron chi connectivity index (χ1n) is 11.0. The van der Waals surface area contributed by atoms with E-state index in [0.29, 0.717) is 6.04 Å². The molecular formula is C21H39N3O2. The highest BCUT2D eigenvalue weighted by Gasteiger charge is 2.44. The van der Waals surface area contributed by atoms with Crippen LogP contribution in [0.25, 0.3) is 0 Å². The Labute approximate surface area is 159 Å². The largest absolute Gasteiger partial charge is 0.480 e. The third kappa shape index (κ3) is 4.99. The fourth-order valence-corrected chi connectivity index (χ4v) is 5.92. The highest BCUT2D eigenvalue weighted by Crippen LogP contribution is 2.45. The predicted octanol–water partition coefficient (Wildman–Crippen LogP) is 2.91. The fraction of sp³-hybridized carbons (Fsp3) is 0.952. The smallest absolute Gasteiger partial charge is 0.317 e. The molecule has 26 heavy (non-hydrogen) atoms. The van der Waals surface area contributed by atoms with Crippen LogP contribution in [0.4, 0.5) is 0 Å². The first-order valence-corrected chi connectivity index (χ1v) is 11.0. The Hall–Kier alpha value is -0.650. The van der Waals surface area contributed by atoms with E-state index < -0.39 is 5.97 Å². The number of piperidine rings is 2. The summed E-state index contributed by atoms with van der Waals surface area (Å²) >= 11 is 0. The van der Waals surface area contributed by atoms with Crippen molar-refractivity contribution < 1.29 is 9.90 Å². The molecule has 3 rings (SSSR count). The normalized spacial score (nSPS) is 36.0. The van der Waals surface area contributed by atoms with Crippen LogP contribution in [0.1, 0.15) is 64.7 Å². The summed E-state index contributed by atoms with van der Waals surface area (Å²) < 4.78 is 0. The second-order valence-electron chi connectivity index (χ2n) is 9.07. The van der Waals surface area contributed by atoms with Crippen molar-refractivity contribution in [2.45, 2.75) is 76.9 Å². The van der Waals surface area contributed by atoms with Crippen LogP contribution in [0.5, 0.6) is 0 Å². The molecule has 0 aromatic carbocycles. The molecule has 5 nitrogen and oxygen atoms in total. The van der Waals surface area contributed by atoms with Gasteiger partial charge in [0.25, 0.3) is 0 Å². The van der Waals surface area contributed by atoms with Crippen molar-refractivity contribution >= 4 is 5.97 Å². The van der Waals surface area contributed by atoms with Crippen LogP contribution in [0, 0.1) is 23.7 Å². The summed E-state index contributed by atoms with van der Waals surface area (Å²) in [5, 5.41) is 16.6. The average molecular weight is 366 g/mol. The van der Waals surface area contributed by atoms with Gasteiger partial charge in [-0.05, 0) is 82.3 Å². The van der Waals surface area contributed by atoms with Crippen molar-refractivity contribution in [3.63, 3.8) is 0 Å². The lowest BCUT2D eigenvalue weighted by atomic mass is 9.63. The summed E-state index contributed by atoms with van der Waals surface area (Å²) in [6, 6.07) is 0.586. The van der Waals surface area contributed by atoms with Gasteiger partial charge in [0.15, 0.2) is 0 Å². The molecule has 5 atom stereocenters. The van der Waals surface area contributed by atoms with Crippen molar-refractivity contribution in [3.05, 3.63) is 0 Å². The van der Waals surface area contributed by atoms with Gasteiger partial charge >= 0.3 is 5.97 Å². The lowest BCUT2D eigenvalue weighted by Crippen LogP contribution is -2.60. The maximum atomic E-state index is 11.2. The van der Waals surface area contributed by atoms with Crippen molar-refractivity contribution in [2.24, 2.45) is 23.7 Å². The van der Waals surface area contributed by atoms with E-state index in [9.17, 15) is 9.90 Å². The van der Waals surface area contributed by atoms with Gasteiger partial charge in [-0.25, -0.2) is 0 Å². The molecule has 5 unspecified atom stereocenters. The quantitative estimate of drug-likeness (QED) is 0.647. The molecule has 5 heteroatoms. The minimum absolute atomic E-state index is 0.132. The highest BCUT2D eigenvalue weighted by molar-refractivity contribution is 5.69. The van der Waals surface area contributed by atoms with Gasteiger partial charge in [0, 0.05) is 6.04 Å². The Bertz CT molecular complexity index is 453. The summed E-state index contributed by atoms with van der Waals surface area (Å²) in [5.41, 5.74) is 0. The van der Waals surface area contributed by atoms with Gasteiger partial charge in [-0.1, -0.05) is 26.2 Å². The van der Waals surface area contributed by atoms with Crippen molar-refractivity contribution in [1.29, 1.82) is 0 Å². The van der Waals surface area contributed by atoms with Crippen molar-refractivity contribution in [2.75, 3.05) is 26.7 Å². The van der Waals surface area contributed by atoms with Crippen LogP contribution in [-0.4, -0.2) is 54.9 Å². The number of carboxylic acid groups (broad SMARTS) is 1. The van der Waals surface area contributed by atoms with Gasteiger partial charge in [-0.15, -0.1) is 0 Å². The molecule has 1 saturated carbocycles. The van der Waals surface area contributed by atoms with E-state index in [1.54, 1.807) is 0 Å². The van der Waals surface area contributed by atoms with E-state index >= 15 is 0 Å². The number of nitrogens with one attached hydrogen (secondary N) is 2. The maximum absolute atomic E-state index is 11.2. The molecule has 0 radical (unpaired) electrons. The zero-order valence-corrected chi connectivity index (χ0v) is 16.8. The van der Waals surface area contributed by atoms with Crippen LogP contribution < -0.4 is 10.6 Å². The zero-order chi connectivity index (χ0) is 18.5. The molecule has 1 aliphatic carbocycles. The molecule has 0 bridgehead atoms. The molecule has 0 aromatic heterocycles. The van der Waals surface area contributed by atoms with E-state index in [1.807, 2.05) is 11.9 Å². The lowest BCUT2D eigenvalue weighted by molar-refractivity contribution is -0.139. The Morgan fingerprint density at radius 2 is 1.88 bits per heavy atom. The van der Waals surface area contributed by atoms with Crippen LogP contribution in [0.3, 0.4) is 0 Å². The number of fused-ring (bicyclic) bond motifs is 1. The monoisotopic (exact) mass is 365 g/mol. The molecule has 3 aliphatic rings. The molecule has 3 fully saturated rings. The molecule has 2 aliphatic heterocycles. The van der Waals surface area contributed by atoms with Gasteiger partial charge < -0.3 is 10.4 Å². The van der Waals surface area contributed by atoms with Gasteiger partial charge in [0.05, 0.1) is 12.7 Å². The summed E-state index contributed by atoms with van der Waals surface area (Å²) in [7, 11) is 1.97. The predicted molar refractivity (Wildman–Crippen MR) is 105 cm³/mol. The third-order valence-corrected chi connectivity index (χ3v) is 7.33.